The lowest BCUT2D eigenvalue weighted by molar-refractivity contribution is -0.384. The first-order valence-corrected chi connectivity index (χ1v) is 5.78. The highest BCUT2D eigenvalue weighted by Gasteiger charge is 2.30. The number of amides is 2. The molecule has 0 saturated carbocycles. The van der Waals surface area contributed by atoms with Crippen molar-refractivity contribution in [1.29, 1.82) is 0 Å². The van der Waals surface area contributed by atoms with Crippen LogP contribution >= 0.6 is 0 Å². The summed E-state index contributed by atoms with van der Waals surface area (Å²) in [7, 11) is 1.59. The number of anilines is 1. The van der Waals surface area contributed by atoms with Gasteiger partial charge in [0.15, 0.2) is 0 Å². The van der Waals surface area contributed by atoms with Gasteiger partial charge in [0.05, 0.1) is 10.8 Å². The number of hydrogen-bond acceptors (Lipinski definition) is 4. The van der Waals surface area contributed by atoms with Crippen molar-refractivity contribution < 1.29 is 14.5 Å². The molecule has 2 amide bonds. The molecule has 0 aliphatic carbocycles. The van der Waals surface area contributed by atoms with Crippen LogP contribution in [0.2, 0.25) is 0 Å². The standard InChI is InChI=1S/C12H13N3O4/c1-14(12(17)8-6-11(16)13-7-8)9-2-4-10(5-3-9)15(18)19/h2-5,8H,6-7H2,1H3,(H,13,16). The van der Waals surface area contributed by atoms with Gasteiger partial charge < -0.3 is 10.2 Å². The van der Waals surface area contributed by atoms with Crippen molar-refractivity contribution in [2.75, 3.05) is 18.5 Å². The Morgan fingerprint density at radius 1 is 1.42 bits per heavy atom. The van der Waals surface area contributed by atoms with Crippen LogP contribution in [-0.2, 0) is 9.59 Å². The van der Waals surface area contributed by atoms with E-state index < -0.39 is 4.92 Å². The molecule has 1 aliphatic rings. The van der Waals surface area contributed by atoms with Crippen LogP contribution in [0, 0.1) is 16.0 Å². The maximum absolute atomic E-state index is 12.1. The molecule has 0 aromatic heterocycles. The lowest BCUT2D eigenvalue weighted by Crippen LogP contribution is -2.33. The average molecular weight is 263 g/mol. The summed E-state index contributed by atoms with van der Waals surface area (Å²) in [5, 5.41) is 13.1. The maximum Gasteiger partial charge on any atom is 0.269 e. The van der Waals surface area contributed by atoms with Gasteiger partial charge in [0.1, 0.15) is 0 Å². The van der Waals surface area contributed by atoms with Gasteiger partial charge in [0.25, 0.3) is 5.69 Å². The molecule has 1 fully saturated rings. The van der Waals surface area contributed by atoms with Crippen molar-refractivity contribution in [3.8, 4) is 0 Å². The number of nitrogens with one attached hydrogen (secondary N) is 1. The van der Waals surface area contributed by atoms with Gasteiger partial charge in [0.2, 0.25) is 11.8 Å². The van der Waals surface area contributed by atoms with E-state index in [0.29, 0.717) is 12.2 Å². The highest BCUT2D eigenvalue weighted by atomic mass is 16.6. The van der Waals surface area contributed by atoms with E-state index in [1.54, 1.807) is 7.05 Å². The van der Waals surface area contributed by atoms with Crippen molar-refractivity contribution in [3.63, 3.8) is 0 Å². The molecule has 0 radical (unpaired) electrons. The molecule has 1 aromatic rings. The lowest BCUT2D eigenvalue weighted by Gasteiger charge is -2.20. The molecular weight excluding hydrogens is 250 g/mol. The van der Waals surface area contributed by atoms with Gasteiger partial charge in [-0.1, -0.05) is 0 Å². The fourth-order valence-corrected chi connectivity index (χ4v) is 1.98. The summed E-state index contributed by atoms with van der Waals surface area (Å²) in [5.41, 5.74) is 0.539. The van der Waals surface area contributed by atoms with Crippen LogP contribution in [0.3, 0.4) is 0 Å². The van der Waals surface area contributed by atoms with Gasteiger partial charge in [-0.3, -0.25) is 19.7 Å². The molecule has 1 aliphatic heterocycles. The number of hydrogen-bond donors (Lipinski definition) is 1. The summed E-state index contributed by atoms with van der Waals surface area (Å²) >= 11 is 0. The second-order valence-corrected chi connectivity index (χ2v) is 4.38. The SMILES string of the molecule is CN(C(=O)C1CNC(=O)C1)c1ccc([N+](=O)[O-])cc1. The predicted molar refractivity (Wildman–Crippen MR) is 67.6 cm³/mol. The zero-order valence-corrected chi connectivity index (χ0v) is 10.3. The first-order valence-electron chi connectivity index (χ1n) is 5.78. The Labute approximate surface area is 109 Å². The largest absolute Gasteiger partial charge is 0.355 e. The van der Waals surface area contributed by atoms with Crippen LogP contribution < -0.4 is 10.2 Å². The van der Waals surface area contributed by atoms with E-state index in [1.165, 1.54) is 29.2 Å². The number of benzene rings is 1. The first kappa shape index (κ1) is 13.0. The van der Waals surface area contributed by atoms with Gasteiger partial charge in [-0.25, -0.2) is 0 Å². The van der Waals surface area contributed by atoms with Gasteiger partial charge in [-0.15, -0.1) is 0 Å². The molecule has 0 bridgehead atoms. The molecule has 19 heavy (non-hydrogen) atoms. The van der Waals surface area contributed by atoms with Crippen molar-refractivity contribution in [3.05, 3.63) is 34.4 Å². The minimum Gasteiger partial charge on any atom is -0.355 e. The Bertz CT molecular complexity index is 526. The van der Waals surface area contributed by atoms with Crippen LogP contribution in [-0.4, -0.2) is 30.3 Å². The van der Waals surface area contributed by atoms with Gasteiger partial charge in [-0.05, 0) is 12.1 Å². The zero-order valence-electron chi connectivity index (χ0n) is 10.3. The fourth-order valence-electron chi connectivity index (χ4n) is 1.98. The minimum atomic E-state index is -0.495. The van der Waals surface area contributed by atoms with E-state index in [9.17, 15) is 19.7 Å². The Morgan fingerprint density at radius 3 is 2.53 bits per heavy atom. The Morgan fingerprint density at radius 2 is 2.05 bits per heavy atom. The van der Waals surface area contributed by atoms with E-state index in [-0.39, 0.29) is 29.8 Å². The average Bonchev–Trinajstić information content (AvgIpc) is 2.84. The van der Waals surface area contributed by atoms with E-state index in [4.69, 9.17) is 0 Å². The van der Waals surface area contributed by atoms with Crippen molar-refractivity contribution >= 4 is 23.2 Å². The first-order chi connectivity index (χ1) is 8.99. The number of nitrogens with zero attached hydrogens (tertiary/aromatic N) is 2. The highest BCUT2D eigenvalue weighted by Crippen LogP contribution is 2.21. The Kier molecular flexibility index (Phi) is 3.46. The molecular formula is C12H13N3O4. The summed E-state index contributed by atoms with van der Waals surface area (Å²) in [6.45, 7) is 0.342. The van der Waals surface area contributed by atoms with Gasteiger partial charge >= 0.3 is 0 Å². The van der Waals surface area contributed by atoms with E-state index in [0.717, 1.165) is 0 Å². The van der Waals surface area contributed by atoms with Crippen LogP contribution in [0.25, 0.3) is 0 Å². The van der Waals surface area contributed by atoms with E-state index in [2.05, 4.69) is 5.32 Å². The second-order valence-electron chi connectivity index (χ2n) is 4.38. The third kappa shape index (κ3) is 2.70. The molecule has 100 valence electrons. The second kappa shape index (κ2) is 5.05. The Hall–Kier alpha value is -2.44. The maximum atomic E-state index is 12.1. The molecule has 1 N–H and O–H groups in total. The summed E-state index contributed by atoms with van der Waals surface area (Å²) in [5.74, 6) is -0.671. The number of non-ortho nitro benzene ring substituents is 1. The van der Waals surface area contributed by atoms with Crippen LogP contribution in [0.5, 0.6) is 0 Å². The molecule has 7 heteroatoms. The van der Waals surface area contributed by atoms with Crippen LogP contribution in [0.1, 0.15) is 6.42 Å². The lowest BCUT2D eigenvalue weighted by atomic mass is 10.1. The van der Waals surface area contributed by atoms with Crippen LogP contribution in [0.15, 0.2) is 24.3 Å². The fraction of sp³-hybridized carbons (Fsp3) is 0.333. The number of nitro groups is 1. The number of rotatable bonds is 3. The molecule has 0 spiro atoms. The quantitative estimate of drug-likeness (QED) is 0.641. The highest BCUT2D eigenvalue weighted by molar-refractivity contribution is 5.98. The molecule has 2 rings (SSSR count). The molecule has 7 nitrogen and oxygen atoms in total. The summed E-state index contributed by atoms with van der Waals surface area (Å²) in [6, 6.07) is 5.72. The van der Waals surface area contributed by atoms with Crippen LogP contribution in [0.4, 0.5) is 11.4 Å². The number of carbonyl (C=O) groups is 2. The number of nitro benzene ring substituents is 1. The summed E-state index contributed by atoms with van der Waals surface area (Å²) < 4.78 is 0. The molecule has 1 saturated heterocycles. The van der Waals surface area contributed by atoms with Crippen molar-refractivity contribution in [2.24, 2.45) is 5.92 Å². The van der Waals surface area contributed by atoms with Gasteiger partial charge in [-0.2, -0.15) is 0 Å². The van der Waals surface area contributed by atoms with Gasteiger partial charge in [0, 0.05) is 37.8 Å². The third-order valence-corrected chi connectivity index (χ3v) is 3.11. The molecule has 1 aromatic carbocycles. The summed E-state index contributed by atoms with van der Waals surface area (Å²) in [6.07, 6.45) is 0.191. The van der Waals surface area contributed by atoms with Crippen molar-refractivity contribution in [2.45, 2.75) is 6.42 Å². The third-order valence-electron chi connectivity index (χ3n) is 3.11. The van der Waals surface area contributed by atoms with E-state index in [1.807, 2.05) is 0 Å². The predicted octanol–water partition coefficient (Wildman–Crippen LogP) is 0.694. The summed E-state index contributed by atoms with van der Waals surface area (Å²) in [4.78, 5) is 34.6. The Balaban J connectivity index is 2.10. The number of carbonyl (C=O) groups excluding carboxylic acids is 2. The zero-order chi connectivity index (χ0) is 14.0. The van der Waals surface area contributed by atoms with Crippen molar-refractivity contribution in [1.82, 2.24) is 5.32 Å². The monoisotopic (exact) mass is 263 g/mol. The smallest absolute Gasteiger partial charge is 0.269 e. The minimum absolute atomic E-state index is 0.0256. The molecule has 1 heterocycles. The molecule has 1 unspecified atom stereocenters. The van der Waals surface area contributed by atoms with E-state index >= 15 is 0 Å². The molecule has 1 atom stereocenters. The topological polar surface area (TPSA) is 92.6 Å². The normalized spacial score (nSPS) is 17.9.